The second kappa shape index (κ2) is 8.03. The summed E-state index contributed by atoms with van der Waals surface area (Å²) in [7, 11) is 0. The third-order valence-electron chi connectivity index (χ3n) is 3.42. The molecule has 1 aromatic heterocycles. The van der Waals surface area contributed by atoms with Gasteiger partial charge in [-0.25, -0.2) is 4.79 Å². The van der Waals surface area contributed by atoms with Gasteiger partial charge < -0.3 is 10.4 Å². The Morgan fingerprint density at radius 3 is 2.74 bits per heavy atom. The maximum atomic E-state index is 11.8. The topological polar surface area (TPSA) is 87.1 Å². The molecule has 124 valence electrons. The first-order valence-corrected chi connectivity index (χ1v) is 8.32. The van der Waals surface area contributed by atoms with Crippen molar-refractivity contribution in [3.63, 3.8) is 0 Å². The normalized spacial score (nSPS) is 11.3. The Morgan fingerprint density at radius 2 is 2.04 bits per heavy atom. The van der Waals surface area contributed by atoms with E-state index in [1.54, 1.807) is 0 Å². The fourth-order valence-corrected chi connectivity index (χ4v) is 2.55. The fourth-order valence-electron chi connectivity index (χ4n) is 1.97. The molecule has 23 heavy (non-hydrogen) atoms. The van der Waals surface area contributed by atoms with Crippen LogP contribution in [0.1, 0.15) is 26.7 Å². The number of amides is 2. The molecular weight excluding hydrogens is 312 g/mol. The minimum Gasteiger partial charge on any atom is -0.396 e. The van der Waals surface area contributed by atoms with Crippen molar-refractivity contribution in [2.24, 2.45) is 5.41 Å². The van der Waals surface area contributed by atoms with Gasteiger partial charge in [-0.3, -0.25) is 5.32 Å². The summed E-state index contributed by atoms with van der Waals surface area (Å²) < 4.78 is 4.24. The average molecular weight is 334 g/mol. The number of benzene rings is 1. The first-order chi connectivity index (χ1) is 11.0. The summed E-state index contributed by atoms with van der Waals surface area (Å²) in [5, 5.41) is 15.1. The molecule has 1 heterocycles. The number of hydrogen-bond donors (Lipinski definition) is 3. The third-order valence-corrected chi connectivity index (χ3v) is 4.05. The van der Waals surface area contributed by atoms with Crippen molar-refractivity contribution in [1.29, 1.82) is 0 Å². The van der Waals surface area contributed by atoms with E-state index in [9.17, 15) is 9.90 Å². The summed E-state index contributed by atoms with van der Waals surface area (Å²) in [4.78, 5) is 16.1. The summed E-state index contributed by atoms with van der Waals surface area (Å²) in [5.41, 5.74) is 0.811. The molecule has 0 aliphatic carbocycles. The second-order valence-electron chi connectivity index (χ2n) is 6.10. The molecule has 0 fully saturated rings. The minimum atomic E-state index is -0.289. The molecule has 0 aliphatic heterocycles. The molecule has 1 aromatic carbocycles. The highest BCUT2D eigenvalue weighted by atomic mass is 32.1. The predicted molar refractivity (Wildman–Crippen MR) is 92.5 cm³/mol. The molecule has 0 saturated heterocycles. The average Bonchev–Trinajstić information content (AvgIpc) is 3.01. The summed E-state index contributed by atoms with van der Waals surface area (Å²) in [6.45, 7) is 4.70. The number of aliphatic hydroxyl groups is 1. The summed E-state index contributed by atoms with van der Waals surface area (Å²) in [5.74, 6) is 0.607. The van der Waals surface area contributed by atoms with Crippen LogP contribution < -0.4 is 10.6 Å². The number of hydrogen-bond acceptors (Lipinski definition) is 5. The third kappa shape index (κ3) is 5.61. The van der Waals surface area contributed by atoms with Crippen molar-refractivity contribution in [2.75, 3.05) is 18.5 Å². The van der Waals surface area contributed by atoms with Gasteiger partial charge in [0, 0.05) is 30.2 Å². The number of anilines is 1. The maximum absolute atomic E-state index is 11.8. The molecule has 2 rings (SSSR count). The van der Waals surface area contributed by atoms with Crippen molar-refractivity contribution >= 4 is 22.7 Å². The van der Waals surface area contributed by atoms with E-state index in [-0.39, 0.29) is 18.1 Å². The van der Waals surface area contributed by atoms with Crippen LogP contribution >= 0.6 is 11.5 Å². The Bertz CT molecular complexity index is 628. The van der Waals surface area contributed by atoms with Gasteiger partial charge in [0.1, 0.15) is 0 Å². The molecule has 0 saturated carbocycles. The first kappa shape index (κ1) is 17.4. The molecule has 0 bridgehead atoms. The SMILES string of the molecule is CC(C)(CO)CCCNC(=O)Nc1nc(-c2ccccc2)ns1. The number of nitrogens with one attached hydrogen (secondary N) is 2. The summed E-state index contributed by atoms with van der Waals surface area (Å²) in [6.07, 6.45) is 1.66. The largest absolute Gasteiger partial charge is 0.396 e. The van der Waals surface area contributed by atoms with Gasteiger partial charge in [-0.15, -0.1) is 0 Å². The van der Waals surface area contributed by atoms with Crippen LogP contribution in [0.5, 0.6) is 0 Å². The van der Waals surface area contributed by atoms with Gasteiger partial charge in [0.25, 0.3) is 0 Å². The smallest absolute Gasteiger partial charge is 0.321 e. The van der Waals surface area contributed by atoms with E-state index in [2.05, 4.69) is 20.0 Å². The van der Waals surface area contributed by atoms with Crippen LogP contribution in [0.2, 0.25) is 0 Å². The lowest BCUT2D eigenvalue weighted by molar-refractivity contribution is 0.148. The van der Waals surface area contributed by atoms with Crippen LogP contribution in [0.3, 0.4) is 0 Å². The minimum absolute atomic E-state index is 0.109. The highest BCUT2D eigenvalue weighted by molar-refractivity contribution is 7.10. The molecule has 2 amide bonds. The second-order valence-corrected chi connectivity index (χ2v) is 6.85. The van der Waals surface area contributed by atoms with Gasteiger partial charge in [-0.1, -0.05) is 44.2 Å². The quantitative estimate of drug-likeness (QED) is 0.679. The molecule has 0 radical (unpaired) electrons. The molecule has 2 aromatic rings. The van der Waals surface area contributed by atoms with Crippen molar-refractivity contribution in [3.05, 3.63) is 30.3 Å². The van der Waals surface area contributed by atoms with E-state index in [1.165, 1.54) is 0 Å². The summed E-state index contributed by atoms with van der Waals surface area (Å²) in [6, 6.07) is 9.33. The van der Waals surface area contributed by atoms with Gasteiger partial charge in [0.2, 0.25) is 5.13 Å². The fraction of sp³-hybridized carbons (Fsp3) is 0.438. The van der Waals surface area contributed by atoms with E-state index >= 15 is 0 Å². The van der Waals surface area contributed by atoms with Gasteiger partial charge in [0.15, 0.2) is 5.82 Å². The number of carbonyl (C=O) groups is 1. The lowest BCUT2D eigenvalue weighted by Gasteiger charge is -2.21. The van der Waals surface area contributed by atoms with Gasteiger partial charge >= 0.3 is 6.03 Å². The van der Waals surface area contributed by atoms with E-state index < -0.39 is 0 Å². The Balaban J connectivity index is 1.77. The molecule has 7 heteroatoms. The highest BCUT2D eigenvalue weighted by Crippen LogP contribution is 2.21. The van der Waals surface area contributed by atoms with Crippen LogP contribution in [0.15, 0.2) is 30.3 Å². The number of urea groups is 1. The van der Waals surface area contributed by atoms with Crippen LogP contribution in [-0.4, -0.2) is 33.6 Å². The zero-order chi connectivity index (χ0) is 16.7. The number of rotatable bonds is 7. The van der Waals surface area contributed by atoms with Crippen molar-refractivity contribution in [2.45, 2.75) is 26.7 Å². The molecule has 0 unspecified atom stereocenters. The zero-order valence-corrected chi connectivity index (χ0v) is 14.2. The molecule has 3 N–H and O–H groups in total. The standard InChI is InChI=1S/C16H22N4O2S/c1-16(2,11-21)9-6-10-17-14(22)19-15-18-13(20-23-15)12-7-4-3-5-8-12/h3-5,7-8,21H,6,9-11H2,1-2H3,(H2,17,18,19,20,22). The van der Waals surface area contributed by atoms with E-state index in [4.69, 9.17) is 0 Å². The van der Waals surface area contributed by atoms with E-state index in [0.29, 0.717) is 17.5 Å². The van der Waals surface area contributed by atoms with Crippen LogP contribution in [0.4, 0.5) is 9.93 Å². The lowest BCUT2D eigenvalue weighted by atomic mass is 9.89. The Kier molecular flexibility index (Phi) is 6.06. The Hall–Kier alpha value is -1.99. The summed E-state index contributed by atoms with van der Waals surface area (Å²) >= 11 is 1.15. The maximum Gasteiger partial charge on any atom is 0.321 e. The molecule has 0 spiro atoms. The van der Waals surface area contributed by atoms with Crippen LogP contribution in [0, 0.1) is 5.41 Å². The number of nitrogens with zero attached hydrogens (tertiary/aromatic N) is 2. The highest BCUT2D eigenvalue weighted by Gasteiger charge is 2.15. The molecule has 0 aliphatic rings. The number of carbonyl (C=O) groups excluding carboxylic acids is 1. The van der Waals surface area contributed by atoms with Gasteiger partial charge in [-0.2, -0.15) is 9.36 Å². The van der Waals surface area contributed by atoms with Crippen molar-refractivity contribution in [1.82, 2.24) is 14.7 Å². The molecule has 6 nitrogen and oxygen atoms in total. The van der Waals surface area contributed by atoms with Gasteiger partial charge in [0.05, 0.1) is 0 Å². The van der Waals surface area contributed by atoms with E-state index in [0.717, 1.165) is 29.9 Å². The monoisotopic (exact) mass is 334 g/mol. The van der Waals surface area contributed by atoms with Crippen molar-refractivity contribution < 1.29 is 9.90 Å². The van der Waals surface area contributed by atoms with Crippen molar-refractivity contribution in [3.8, 4) is 11.4 Å². The molecule has 0 atom stereocenters. The molecular formula is C16H22N4O2S. The first-order valence-electron chi connectivity index (χ1n) is 7.55. The van der Waals surface area contributed by atoms with Gasteiger partial charge in [-0.05, 0) is 18.3 Å². The number of aliphatic hydroxyl groups excluding tert-OH is 1. The van der Waals surface area contributed by atoms with Crippen LogP contribution in [0.25, 0.3) is 11.4 Å². The zero-order valence-electron chi connectivity index (χ0n) is 13.4. The number of aromatic nitrogens is 2. The Labute approximate surface area is 140 Å². The van der Waals surface area contributed by atoms with Crippen LogP contribution in [-0.2, 0) is 0 Å². The lowest BCUT2D eigenvalue weighted by Crippen LogP contribution is -2.30. The van der Waals surface area contributed by atoms with E-state index in [1.807, 2.05) is 44.2 Å². The Morgan fingerprint density at radius 1 is 1.30 bits per heavy atom. The predicted octanol–water partition coefficient (Wildman–Crippen LogP) is 3.13.